The Morgan fingerprint density at radius 2 is 1.96 bits per heavy atom. The summed E-state index contributed by atoms with van der Waals surface area (Å²) in [5.41, 5.74) is 1.04. The Morgan fingerprint density at radius 1 is 1.30 bits per heavy atom. The zero-order chi connectivity index (χ0) is 16.4. The first-order valence-electron chi connectivity index (χ1n) is 7.99. The van der Waals surface area contributed by atoms with Gasteiger partial charge in [-0.1, -0.05) is 17.7 Å². The maximum Gasteiger partial charge on any atom is 0.263 e. The molecule has 1 aromatic rings. The number of benzene rings is 1. The first kappa shape index (κ1) is 16.6. The van der Waals surface area contributed by atoms with Crippen LogP contribution in [-0.2, 0) is 14.3 Å². The molecular formula is C17H22ClNO4. The van der Waals surface area contributed by atoms with Gasteiger partial charge in [0.05, 0.1) is 18.2 Å². The fraction of sp³-hybridized carbons (Fsp3) is 0.588. The summed E-state index contributed by atoms with van der Waals surface area (Å²) in [6, 6.07) is 5.54. The standard InChI is InChI=1S/C17H22ClNO4/c1-12-3-4-14(18)15(11-12)23-13(2)16(20)19-7-5-17(6-8-19)21-9-10-22-17/h3-4,11,13H,5-10H2,1-2H3/t13-/m0/s1. The van der Waals surface area contributed by atoms with Crippen LogP contribution in [0.5, 0.6) is 5.75 Å². The fourth-order valence-electron chi connectivity index (χ4n) is 3.05. The van der Waals surface area contributed by atoms with Crippen molar-refractivity contribution < 1.29 is 19.0 Å². The Kier molecular flexibility index (Phi) is 4.80. The van der Waals surface area contributed by atoms with E-state index in [0.29, 0.717) is 49.9 Å². The van der Waals surface area contributed by atoms with Crippen LogP contribution in [-0.4, -0.2) is 49.0 Å². The number of hydrogen-bond acceptors (Lipinski definition) is 4. The van der Waals surface area contributed by atoms with Crippen molar-refractivity contribution in [1.29, 1.82) is 0 Å². The average Bonchev–Trinajstić information content (AvgIpc) is 2.99. The Balaban J connectivity index is 1.58. The molecule has 1 spiro atoms. The van der Waals surface area contributed by atoms with Gasteiger partial charge in [0.25, 0.3) is 5.91 Å². The van der Waals surface area contributed by atoms with Gasteiger partial charge in [-0.3, -0.25) is 4.79 Å². The number of carbonyl (C=O) groups excluding carboxylic acids is 1. The third-order valence-electron chi connectivity index (χ3n) is 4.39. The predicted octanol–water partition coefficient (Wildman–Crippen LogP) is 2.78. The highest BCUT2D eigenvalue weighted by Crippen LogP contribution is 2.32. The molecule has 1 amide bonds. The van der Waals surface area contributed by atoms with Crippen LogP contribution in [0.2, 0.25) is 5.02 Å². The first-order valence-corrected chi connectivity index (χ1v) is 8.36. The van der Waals surface area contributed by atoms with Crippen LogP contribution in [0, 0.1) is 6.92 Å². The molecule has 23 heavy (non-hydrogen) atoms. The number of nitrogens with zero attached hydrogens (tertiary/aromatic N) is 1. The lowest BCUT2D eigenvalue weighted by atomic mass is 10.0. The van der Waals surface area contributed by atoms with Crippen molar-refractivity contribution in [2.75, 3.05) is 26.3 Å². The van der Waals surface area contributed by atoms with E-state index in [2.05, 4.69) is 0 Å². The summed E-state index contributed by atoms with van der Waals surface area (Å²) in [4.78, 5) is 14.4. The number of hydrogen-bond donors (Lipinski definition) is 0. The van der Waals surface area contributed by atoms with Gasteiger partial charge >= 0.3 is 0 Å². The van der Waals surface area contributed by atoms with E-state index in [1.807, 2.05) is 24.0 Å². The van der Waals surface area contributed by atoms with Crippen molar-refractivity contribution in [2.45, 2.75) is 38.6 Å². The van der Waals surface area contributed by atoms with Crippen LogP contribution >= 0.6 is 11.6 Å². The molecule has 2 aliphatic rings. The van der Waals surface area contributed by atoms with Gasteiger partial charge in [-0.15, -0.1) is 0 Å². The molecule has 2 aliphatic heterocycles. The summed E-state index contributed by atoms with van der Waals surface area (Å²) in [6.07, 6.45) is 0.835. The zero-order valence-corrected chi connectivity index (χ0v) is 14.3. The molecule has 0 N–H and O–H groups in total. The van der Waals surface area contributed by atoms with Crippen LogP contribution in [0.15, 0.2) is 18.2 Å². The molecule has 6 heteroatoms. The Bertz CT molecular complexity index is 576. The number of likely N-dealkylation sites (tertiary alicyclic amines) is 1. The molecule has 0 aromatic heterocycles. The van der Waals surface area contributed by atoms with Crippen LogP contribution < -0.4 is 4.74 Å². The van der Waals surface area contributed by atoms with E-state index in [1.165, 1.54) is 0 Å². The van der Waals surface area contributed by atoms with Crippen molar-refractivity contribution in [1.82, 2.24) is 4.90 Å². The van der Waals surface area contributed by atoms with Crippen LogP contribution in [0.4, 0.5) is 0 Å². The fourth-order valence-corrected chi connectivity index (χ4v) is 3.21. The Hall–Kier alpha value is -1.30. The van der Waals surface area contributed by atoms with Crippen LogP contribution in [0.25, 0.3) is 0 Å². The topological polar surface area (TPSA) is 48.0 Å². The lowest BCUT2D eigenvalue weighted by Crippen LogP contribution is -2.50. The van der Waals surface area contributed by atoms with Gasteiger partial charge in [0.1, 0.15) is 5.75 Å². The van der Waals surface area contributed by atoms with Gasteiger partial charge in [-0.05, 0) is 31.5 Å². The highest BCUT2D eigenvalue weighted by molar-refractivity contribution is 6.32. The molecular weight excluding hydrogens is 318 g/mol. The van der Waals surface area contributed by atoms with Gasteiger partial charge in [0, 0.05) is 25.9 Å². The number of aryl methyl sites for hydroxylation is 1. The van der Waals surface area contributed by atoms with E-state index in [0.717, 1.165) is 5.56 Å². The molecule has 0 saturated carbocycles. The van der Waals surface area contributed by atoms with E-state index in [4.69, 9.17) is 25.8 Å². The average molecular weight is 340 g/mol. The third-order valence-corrected chi connectivity index (χ3v) is 4.70. The van der Waals surface area contributed by atoms with E-state index in [9.17, 15) is 4.79 Å². The smallest absolute Gasteiger partial charge is 0.263 e. The molecule has 126 valence electrons. The van der Waals surface area contributed by atoms with Crippen molar-refractivity contribution in [3.63, 3.8) is 0 Å². The SMILES string of the molecule is Cc1ccc(Cl)c(O[C@@H](C)C(=O)N2CCC3(CC2)OCCO3)c1. The molecule has 0 bridgehead atoms. The minimum absolute atomic E-state index is 0.0320. The quantitative estimate of drug-likeness (QED) is 0.849. The first-order chi connectivity index (χ1) is 11.0. The van der Waals surface area contributed by atoms with Gasteiger partial charge in [-0.25, -0.2) is 0 Å². The van der Waals surface area contributed by atoms with E-state index >= 15 is 0 Å². The van der Waals surface area contributed by atoms with Crippen LogP contribution in [0.3, 0.4) is 0 Å². The molecule has 5 nitrogen and oxygen atoms in total. The highest BCUT2D eigenvalue weighted by Gasteiger charge is 2.41. The maximum atomic E-state index is 12.6. The van der Waals surface area contributed by atoms with E-state index in [1.54, 1.807) is 13.0 Å². The Labute approximate surface area is 141 Å². The molecule has 1 atom stereocenters. The molecule has 3 rings (SSSR count). The van der Waals surface area contributed by atoms with Crippen LogP contribution in [0.1, 0.15) is 25.3 Å². The number of piperidine rings is 1. The molecule has 0 aliphatic carbocycles. The lowest BCUT2D eigenvalue weighted by Gasteiger charge is -2.38. The highest BCUT2D eigenvalue weighted by atomic mass is 35.5. The zero-order valence-electron chi connectivity index (χ0n) is 13.5. The minimum Gasteiger partial charge on any atom is -0.479 e. The molecule has 2 saturated heterocycles. The second-order valence-corrected chi connectivity index (χ2v) is 6.53. The maximum absolute atomic E-state index is 12.6. The molecule has 0 unspecified atom stereocenters. The number of halogens is 1. The second kappa shape index (κ2) is 6.67. The van der Waals surface area contributed by atoms with Gasteiger partial charge in [-0.2, -0.15) is 0 Å². The van der Waals surface area contributed by atoms with Gasteiger partial charge < -0.3 is 19.1 Å². The summed E-state index contributed by atoms with van der Waals surface area (Å²) in [7, 11) is 0. The molecule has 2 fully saturated rings. The molecule has 1 aromatic carbocycles. The van der Waals surface area contributed by atoms with E-state index in [-0.39, 0.29) is 5.91 Å². The number of amides is 1. The largest absolute Gasteiger partial charge is 0.479 e. The summed E-state index contributed by atoms with van der Waals surface area (Å²) in [6.45, 7) is 6.23. The van der Waals surface area contributed by atoms with Crippen molar-refractivity contribution in [3.8, 4) is 5.75 Å². The molecule has 2 heterocycles. The molecule has 0 radical (unpaired) electrons. The number of carbonyl (C=O) groups is 1. The van der Waals surface area contributed by atoms with Crippen molar-refractivity contribution in [2.24, 2.45) is 0 Å². The monoisotopic (exact) mass is 339 g/mol. The summed E-state index contributed by atoms with van der Waals surface area (Å²) in [5, 5.41) is 0.514. The summed E-state index contributed by atoms with van der Waals surface area (Å²) in [5.74, 6) is 0.0413. The number of ether oxygens (including phenoxy) is 3. The van der Waals surface area contributed by atoms with Crippen molar-refractivity contribution >= 4 is 17.5 Å². The van der Waals surface area contributed by atoms with Gasteiger partial charge in [0.2, 0.25) is 0 Å². The van der Waals surface area contributed by atoms with Gasteiger partial charge in [0.15, 0.2) is 11.9 Å². The second-order valence-electron chi connectivity index (χ2n) is 6.13. The summed E-state index contributed by atoms with van der Waals surface area (Å²) < 4.78 is 17.1. The number of rotatable bonds is 3. The summed E-state index contributed by atoms with van der Waals surface area (Å²) >= 11 is 6.13. The third kappa shape index (κ3) is 3.62. The lowest BCUT2D eigenvalue weighted by molar-refractivity contribution is -0.188. The normalized spacial score (nSPS) is 21.4. The van der Waals surface area contributed by atoms with E-state index < -0.39 is 11.9 Å². The Morgan fingerprint density at radius 3 is 2.61 bits per heavy atom. The predicted molar refractivity (Wildman–Crippen MR) is 86.7 cm³/mol. The minimum atomic E-state index is -0.575. The van der Waals surface area contributed by atoms with Crippen molar-refractivity contribution in [3.05, 3.63) is 28.8 Å².